The van der Waals surface area contributed by atoms with Crippen LogP contribution in [0.2, 0.25) is 0 Å². The van der Waals surface area contributed by atoms with Gasteiger partial charge >= 0.3 is 0 Å². The standard InChI is InChI=1S/C23H22N4O3S/c28-21-13-30-20-11-10-15(12-18(20)25-21)24-22(29)14-31-23-26-17-8-4-5-9-19(17)27(23)16-6-2-1-3-7-16/h1-3,6-7,10-12H,4-5,8-9,13-14H2,(H,24,29)(H,25,28). The summed E-state index contributed by atoms with van der Waals surface area (Å²) in [6, 6.07) is 15.4. The van der Waals surface area contributed by atoms with E-state index in [-0.39, 0.29) is 24.2 Å². The van der Waals surface area contributed by atoms with Crippen molar-refractivity contribution < 1.29 is 14.3 Å². The van der Waals surface area contributed by atoms with Gasteiger partial charge in [0.2, 0.25) is 5.91 Å². The molecule has 0 saturated heterocycles. The van der Waals surface area contributed by atoms with Crippen molar-refractivity contribution in [1.82, 2.24) is 9.55 Å². The summed E-state index contributed by atoms with van der Waals surface area (Å²) >= 11 is 1.44. The zero-order valence-corrected chi connectivity index (χ0v) is 17.7. The smallest absolute Gasteiger partial charge is 0.262 e. The minimum absolute atomic E-state index is 0.00732. The third-order valence-corrected chi connectivity index (χ3v) is 6.28. The number of carbonyl (C=O) groups is 2. The number of aromatic nitrogens is 2. The molecule has 2 N–H and O–H groups in total. The van der Waals surface area contributed by atoms with Gasteiger partial charge in [-0.1, -0.05) is 30.0 Å². The number of imidazole rings is 1. The third-order valence-electron chi connectivity index (χ3n) is 5.35. The van der Waals surface area contributed by atoms with Crippen LogP contribution in [-0.4, -0.2) is 33.7 Å². The van der Waals surface area contributed by atoms with Crippen LogP contribution in [0.3, 0.4) is 0 Å². The first-order valence-electron chi connectivity index (χ1n) is 10.3. The number of para-hydroxylation sites is 1. The van der Waals surface area contributed by atoms with E-state index in [1.165, 1.54) is 17.5 Å². The van der Waals surface area contributed by atoms with Crippen molar-refractivity contribution in [3.8, 4) is 11.4 Å². The van der Waals surface area contributed by atoms with Crippen molar-refractivity contribution in [1.29, 1.82) is 0 Å². The Bertz CT molecular complexity index is 1140. The maximum absolute atomic E-state index is 12.6. The molecule has 7 nitrogen and oxygen atoms in total. The van der Waals surface area contributed by atoms with Crippen molar-refractivity contribution in [3.63, 3.8) is 0 Å². The van der Waals surface area contributed by atoms with E-state index in [1.807, 2.05) is 18.2 Å². The van der Waals surface area contributed by atoms with Gasteiger partial charge in [-0.15, -0.1) is 0 Å². The van der Waals surface area contributed by atoms with Gasteiger partial charge in [0.25, 0.3) is 5.91 Å². The second-order valence-electron chi connectivity index (χ2n) is 7.55. The lowest BCUT2D eigenvalue weighted by atomic mass is 10.0. The summed E-state index contributed by atoms with van der Waals surface area (Å²) in [6.45, 7) is 0.00732. The molecule has 0 saturated carbocycles. The number of nitrogens with zero attached hydrogens (tertiary/aromatic N) is 2. The number of ether oxygens (including phenoxy) is 1. The van der Waals surface area contributed by atoms with Gasteiger partial charge in [-0.3, -0.25) is 14.2 Å². The van der Waals surface area contributed by atoms with Gasteiger partial charge < -0.3 is 15.4 Å². The van der Waals surface area contributed by atoms with E-state index in [1.54, 1.807) is 18.2 Å². The minimum atomic E-state index is -0.205. The van der Waals surface area contributed by atoms with Gasteiger partial charge in [0.05, 0.1) is 17.1 Å². The van der Waals surface area contributed by atoms with Crippen LogP contribution in [0.15, 0.2) is 53.7 Å². The summed E-state index contributed by atoms with van der Waals surface area (Å²) in [5.41, 5.74) is 4.65. The Morgan fingerprint density at radius 2 is 2.00 bits per heavy atom. The van der Waals surface area contributed by atoms with Crippen LogP contribution in [0.4, 0.5) is 11.4 Å². The number of rotatable bonds is 5. The molecule has 0 spiro atoms. The minimum Gasteiger partial charge on any atom is -0.482 e. The van der Waals surface area contributed by atoms with Crippen LogP contribution in [0.25, 0.3) is 5.69 Å². The van der Waals surface area contributed by atoms with E-state index in [0.29, 0.717) is 17.1 Å². The summed E-state index contributed by atoms with van der Waals surface area (Å²) in [6.07, 6.45) is 4.31. The maximum atomic E-state index is 12.6. The molecule has 2 aliphatic rings. The summed E-state index contributed by atoms with van der Waals surface area (Å²) in [4.78, 5) is 29.0. The number of thioether (sulfide) groups is 1. The molecule has 1 aromatic heterocycles. The number of hydrogen-bond donors (Lipinski definition) is 2. The monoisotopic (exact) mass is 434 g/mol. The fourth-order valence-corrected chi connectivity index (χ4v) is 4.80. The molecule has 2 heterocycles. The highest BCUT2D eigenvalue weighted by atomic mass is 32.2. The van der Waals surface area contributed by atoms with Crippen molar-refractivity contribution in [3.05, 3.63) is 59.9 Å². The first kappa shape index (κ1) is 19.7. The predicted octanol–water partition coefficient (Wildman–Crippen LogP) is 3.81. The van der Waals surface area contributed by atoms with E-state index < -0.39 is 0 Å². The van der Waals surface area contributed by atoms with E-state index in [9.17, 15) is 9.59 Å². The summed E-state index contributed by atoms with van der Waals surface area (Å²) in [5, 5.41) is 6.49. The molecule has 31 heavy (non-hydrogen) atoms. The van der Waals surface area contributed by atoms with Crippen LogP contribution in [0, 0.1) is 0 Å². The van der Waals surface area contributed by atoms with Gasteiger partial charge in [-0.2, -0.15) is 0 Å². The highest BCUT2D eigenvalue weighted by Crippen LogP contribution is 2.32. The molecule has 2 amide bonds. The van der Waals surface area contributed by atoms with Crippen LogP contribution in [-0.2, 0) is 22.4 Å². The number of nitrogens with one attached hydrogen (secondary N) is 2. The van der Waals surface area contributed by atoms with Gasteiger partial charge in [0, 0.05) is 17.1 Å². The van der Waals surface area contributed by atoms with Crippen LogP contribution < -0.4 is 15.4 Å². The van der Waals surface area contributed by atoms with Crippen LogP contribution in [0.1, 0.15) is 24.2 Å². The Hall–Kier alpha value is -3.26. The molecule has 5 rings (SSSR count). The van der Waals surface area contributed by atoms with E-state index in [2.05, 4.69) is 27.3 Å². The highest BCUT2D eigenvalue weighted by Gasteiger charge is 2.22. The normalized spacial score (nSPS) is 14.8. The highest BCUT2D eigenvalue weighted by molar-refractivity contribution is 7.99. The Balaban J connectivity index is 1.31. The Morgan fingerprint density at radius 3 is 2.87 bits per heavy atom. The van der Waals surface area contributed by atoms with Gasteiger partial charge in [0.1, 0.15) is 5.75 Å². The number of carbonyl (C=O) groups excluding carboxylic acids is 2. The Kier molecular flexibility index (Phi) is 5.38. The fraction of sp³-hybridized carbons (Fsp3) is 0.261. The molecule has 0 unspecified atom stereocenters. The number of aryl methyl sites for hydroxylation is 1. The van der Waals surface area contributed by atoms with E-state index >= 15 is 0 Å². The van der Waals surface area contributed by atoms with E-state index in [0.717, 1.165) is 42.2 Å². The lowest BCUT2D eigenvalue weighted by molar-refractivity contribution is -0.118. The topological polar surface area (TPSA) is 85.3 Å². The number of amides is 2. The van der Waals surface area contributed by atoms with Gasteiger partial charge in [0.15, 0.2) is 11.8 Å². The molecule has 2 aromatic carbocycles. The molecule has 1 aliphatic carbocycles. The average Bonchev–Trinajstić information content (AvgIpc) is 3.16. The van der Waals surface area contributed by atoms with Crippen LogP contribution in [0.5, 0.6) is 5.75 Å². The van der Waals surface area contributed by atoms with Gasteiger partial charge in [-0.05, 0) is 56.0 Å². The number of hydrogen-bond acceptors (Lipinski definition) is 5. The quantitative estimate of drug-likeness (QED) is 0.597. The Morgan fingerprint density at radius 1 is 1.16 bits per heavy atom. The lowest BCUT2D eigenvalue weighted by Gasteiger charge is -2.18. The SMILES string of the molecule is O=C(CSc1nc2c(n1-c1ccccc1)CCCC2)Nc1ccc2c(c1)NC(=O)CO2. The molecule has 8 heteroatoms. The molecular weight excluding hydrogens is 412 g/mol. The lowest BCUT2D eigenvalue weighted by Crippen LogP contribution is -2.25. The second kappa shape index (κ2) is 8.47. The van der Waals surface area contributed by atoms with Crippen molar-refractivity contribution in [2.24, 2.45) is 0 Å². The largest absolute Gasteiger partial charge is 0.482 e. The average molecular weight is 435 g/mol. The molecule has 1 aliphatic heterocycles. The summed E-state index contributed by atoms with van der Waals surface area (Å²) in [5.74, 6) is 0.502. The van der Waals surface area contributed by atoms with Crippen molar-refractivity contribution in [2.45, 2.75) is 30.8 Å². The maximum Gasteiger partial charge on any atom is 0.262 e. The molecule has 0 bridgehead atoms. The zero-order chi connectivity index (χ0) is 21.2. The molecule has 0 fully saturated rings. The number of benzene rings is 2. The third kappa shape index (κ3) is 4.16. The molecule has 0 radical (unpaired) electrons. The van der Waals surface area contributed by atoms with Crippen LogP contribution >= 0.6 is 11.8 Å². The van der Waals surface area contributed by atoms with Crippen molar-refractivity contribution in [2.75, 3.05) is 23.0 Å². The number of fused-ring (bicyclic) bond motifs is 2. The molecule has 3 aromatic rings. The second-order valence-corrected chi connectivity index (χ2v) is 8.49. The first-order chi connectivity index (χ1) is 15.2. The Labute approximate surface area is 184 Å². The number of anilines is 2. The zero-order valence-electron chi connectivity index (χ0n) is 16.9. The van der Waals surface area contributed by atoms with E-state index in [4.69, 9.17) is 9.72 Å². The van der Waals surface area contributed by atoms with Gasteiger partial charge in [-0.25, -0.2) is 4.98 Å². The first-order valence-corrected chi connectivity index (χ1v) is 11.3. The summed E-state index contributed by atoms with van der Waals surface area (Å²) in [7, 11) is 0. The molecule has 158 valence electrons. The van der Waals surface area contributed by atoms with Crippen molar-refractivity contribution >= 4 is 35.0 Å². The predicted molar refractivity (Wildman–Crippen MR) is 120 cm³/mol. The molecule has 0 atom stereocenters. The summed E-state index contributed by atoms with van der Waals surface area (Å²) < 4.78 is 7.55. The fourth-order valence-electron chi connectivity index (χ4n) is 3.94. The molecular formula is C23H22N4O3S.